The van der Waals surface area contributed by atoms with Crippen LogP contribution in [0, 0.1) is 6.92 Å². The first kappa shape index (κ1) is 17.0. The molecule has 0 saturated heterocycles. The molecule has 0 fully saturated rings. The summed E-state index contributed by atoms with van der Waals surface area (Å²) in [6, 6.07) is 6.53. The summed E-state index contributed by atoms with van der Waals surface area (Å²) in [5.74, 6) is -2.71. The van der Waals surface area contributed by atoms with Crippen LogP contribution in [0.25, 0.3) is 0 Å². The van der Waals surface area contributed by atoms with Gasteiger partial charge in [0.2, 0.25) is 0 Å². The van der Waals surface area contributed by atoms with Crippen LogP contribution in [0.2, 0.25) is 0 Å². The number of hydrogen-bond acceptors (Lipinski definition) is 6. The molecule has 7 heteroatoms. The second kappa shape index (κ2) is 8.20. The second-order valence-electron chi connectivity index (χ2n) is 3.41. The number of carbonyl (C=O) groups excluding carboxylic acids is 1. The fraction of sp³-hybridized carbons (Fsp3) is 0.333. The van der Waals surface area contributed by atoms with E-state index in [-0.39, 0.29) is 5.75 Å². The highest BCUT2D eigenvalue weighted by Crippen LogP contribution is 2.17. The summed E-state index contributed by atoms with van der Waals surface area (Å²) in [6.07, 6.45) is -4.32. The molecule has 0 aliphatic heterocycles. The van der Waals surface area contributed by atoms with Gasteiger partial charge in [0.1, 0.15) is 5.75 Å². The van der Waals surface area contributed by atoms with Crippen molar-refractivity contribution in [1.29, 1.82) is 0 Å². The number of ether oxygens (including phenoxy) is 1. The lowest BCUT2D eigenvalue weighted by Crippen LogP contribution is -2.41. The summed E-state index contributed by atoms with van der Waals surface area (Å²) >= 11 is 0. The topological polar surface area (TPSA) is 124 Å². The van der Waals surface area contributed by atoms with Crippen LogP contribution in [0.4, 0.5) is 0 Å². The quantitative estimate of drug-likeness (QED) is 0.422. The van der Waals surface area contributed by atoms with E-state index in [9.17, 15) is 14.7 Å². The van der Waals surface area contributed by atoms with Crippen LogP contribution < -0.4 is 4.74 Å². The first-order valence-electron chi connectivity index (χ1n) is 5.24. The van der Waals surface area contributed by atoms with E-state index in [4.69, 9.17) is 20.1 Å². The number of carbonyl (C=O) groups is 2. The number of carboxylic acid groups (broad SMARTS) is 1. The fourth-order valence-electron chi connectivity index (χ4n) is 1.10. The maximum absolute atomic E-state index is 11.3. The minimum atomic E-state index is -2.20. The van der Waals surface area contributed by atoms with Crippen LogP contribution in [-0.2, 0) is 9.59 Å². The SMILES string of the molecule is CO.Cc1ccccc1OC(=O)C(O)C(O)C(=O)O. The van der Waals surface area contributed by atoms with Gasteiger partial charge in [-0.25, -0.2) is 9.59 Å². The van der Waals surface area contributed by atoms with E-state index in [2.05, 4.69) is 0 Å². The molecule has 2 atom stereocenters. The van der Waals surface area contributed by atoms with E-state index < -0.39 is 24.1 Å². The highest BCUT2D eigenvalue weighted by atomic mass is 16.6. The third kappa shape index (κ3) is 5.04. The van der Waals surface area contributed by atoms with Crippen molar-refractivity contribution in [2.45, 2.75) is 19.1 Å². The largest absolute Gasteiger partial charge is 0.479 e. The first-order valence-corrected chi connectivity index (χ1v) is 5.24. The first-order chi connectivity index (χ1) is 8.93. The summed E-state index contributed by atoms with van der Waals surface area (Å²) in [5.41, 5.74) is 0.651. The van der Waals surface area contributed by atoms with Crippen molar-refractivity contribution in [2.75, 3.05) is 7.11 Å². The molecule has 7 nitrogen and oxygen atoms in total. The van der Waals surface area contributed by atoms with Crippen molar-refractivity contribution in [3.8, 4) is 5.75 Å². The van der Waals surface area contributed by atoms with E-state index >= 15 is 0 Å². The van der Waals surface area contributed by atoms with Crippen molar-refractivity contribution in [1.82, 2.24) is 0 Å². The lowest BCUT2D eigenvalue weighted by molar-refractivity contribution is -0.164. The average Bonchev–Trinajstić information content (AvgIpc) is 2.41. The van der Waals surface area contributed by atoms with Crippen molar-refractivity contribution < 1.29 is 34.8 Å². The Balaban J connectivity index is 0.00000154. The predicted molar refractivity (Wildman–Crippen MR) is 64.6 cm³/mol. The van der Waals surface area contributed by atoms with E-state index in [0.29, 0.717) is 5.56 Å². The van der Waals surface area contributed by atoms with Crippen molar-refractivity contribution in [2.24, 2.45) is 0 Å². The van der Waals surface area contributed by atoms with Crippen LogP contribution in [0.1, 0.15) is 5.56 Å². The lowest BCUT2D eigenvalue weighted by Gasteiger charge is -2.13. The summed E-state index contributed by atoms with van der Waals surface area (Å²) in [7, 11) is 1.00. The number of aryl methyl sites for hydroxylation is 1. The molecule has 0 bridgehead atoms. The van der Waals surface area contributed by atoms with Crippen molar-refractivity contribution in [3.05, 3.63) is 29.8 Å². The van der Waals surface area contributed by atoms with Gasteiger partial charge in [-0.1, -0.05) is 18.2 Å². The number of esters is 1. The Bertz CT molecular complexity index is 430. The molecule has 106 valence electrons. The molecule has 19 heavy (non-hydrogen) atoms. The van der Waals surface area contributed by atoms with Gasteiger partial charge in [0, 0.05) is 7.11 Å². The molecule has 0 amide bonds. The maximum atomic E-state index is 11.3. The molecular formula is C12H16O7. The normalized spacial score (nSPS) is 12.7. The number of aliphatic hydroxyl groups excluding tert-OH is 3. The van der Waals surface area contributed by atoms with Crippen molar-refractivity contribution in [3.63, 3.8) is 0 Å². The highest BCUT2D eigenvalue weighted by Gasteiger charge is 2.31. The lowest BCUT2D eigenvalue weighted by atomic mass is 10.2. The number of aliphatic carboxylic acids is 1. The van der Waals surface area contributed by atoms with E-state index in [1.165, 1.54) is 6.07 Å². The van der Waals surface area contributed by atoms with Gasteiger partial charge in [-0.3, -0.25) is 0 Å². The predicted octanol–water partition coefficient (Wildman–Crippen LogP) is -0.685. The number of para-hydroxylation sites is 1. The molecule has 4 N–H and O–H groups in total. The van der Waals surface area contributed by atoms with Crippen LogP contribution in [0.3, 0.4) is 0 Å². The molecule has 1 aromatic rings. The molecule has 0 heterocycles. The van der Waals surface area contributed by atoms with E-state index in [0.717, 1.165) is 7.11 Å². The Morgan fingerprint density at radius 1 is 1.11 bits per heavy atom. The Labute approximate surface area is 109 Å². The Morgan fingerprint density at radius 3 is 2.11 bits per heavy atom. The minimum absolute atomic E-state index is 0.203. The molecule has 0 spiro atoms. The van der Waals surface area contributed by atoms with Gasteiger partial charge in [-0.2, -0.15) is 0 Å². The summed E-state index contributed by atoms with van der Waals surface area (Å²) in [4.78, 5) is 21.7. The van der Waals surface area contributed by atoms with Gasteiger partial charge in [0.25, 0.3) is 0 Å². The zero-order valence-electron chi connectivity index (χ0n) is 10.5. The average molecular weight is 272 g/mol. The zero-order valence-corrected chi connectivity index (χ0v) is 10.5. The zero-order chi connectivity index (χ0) is 15.0. The van der Waals surface area contributed by atoms with E-state index in [1.807, 2.05) is 0 Å². The van der Waals surface area contributed by atoms with Crippen LogP contribution in [0.15, 0.2) is 24.3 Å². The Morgan fingerprint density at radius 2 is 1.63 bits per heavy atom. The maximum Gasteiger partial charge on any atom is 0.343 e. The van der Waals surface area contributed by atoms with Gasteiger partial charge in [0.05, 0.1) is 0 Å². The third-order valence-electron chi connectivity index (χ3n) is 2.10. The molecule has 1 rings (SSSR count). The molecule has 2 unspecified atom stereocenters. The summed E-state index contributed by atoms with van der Waals surface area (Å²) in [6.45, 7) is 1.68. The van der Waals surface area contributed by atoms with E-state index in [1.54, 1.807) is 25.1 Å². The standard InChI is InChI=1S/C11H12O6.CH4O/c1-6-4-2-3-5-7(6)17-11(16)9(13)8(12)10(14)15;1-2/h2-5,8-9,12-13H,1H3,(H,14,15);2H,1H3. The summed E-state index contributed by atoms with van der Waals surface area (Å²) < 4.78 is 4.77. The van der Waals surface area contributed by atoms with Gasteiger partial charge >= 0.3 is 11.9 Å². The summed E-state index contributed by atoms with van der Waals surface area (Å²) in [5, 5.41) is 33.6. The van der Waals surface area contributed by atoms with Crippen molar-refractivity contribution >= 4 is 11.9 Å². The van der Waals surface area contributed by atoms with Gasteiger partial charge in [-0.15, -0.1) is 0 Å². The molecule has 0 aliphatic carbocycles. The second-order valence-corrected chi connectivity index (χ2v) is 3.41. The molecular weight excluding hydrogens is 256 g/mol. The smallest absolute Gasteiger partial charge is 0.343 e. The number of carboxylic acids is 1. The number of benzene rings is 1. The number of rotatable bonds is 4. The number of hydrogen-bond donors (Lipinski definition) is 4. The number of aliphatic hydroxyl groups is 3. The molecule has 0 aromatic heterocycles. The highest BCUT2D eigenvalue weighted by molar-refractivity contribution is 5.85. The fourth-order valence-corrected chi connectivity index (χ4v) is 1.10. The molecule has 0 radical (unpaired) electrons. The minimum Gasteiger partial charge on any atom is -0.479 e. The van der Waals surface area contributed by atoms with Crippen LogP contribution >= 0.6 is 0 Å². The van der Waals surface area contributed by atoms with Gasteiger partial charge in [0.15, 0.2) is 12.2 Å². The Hall–Kier alpha value is -1.96. The van der Waals surface area contributed by atoms with Crippen LogP contribution in [0.5, 0.6) is 5.75 Å². The molecule has 0 aliphatic rings. The van der Waals surface area contributed by atoms with Gasteiger partial charge in [-0.05, 0) is 18.6 Å². The van der Waals surface area contributed by atoms with Gasteiger partial charge < -0.3 is 25.2 Å². The molecule has 1 aromatic carbocycles. The Kier molecular flexibility index (Phi) is 7.35. The monoisotopic (exact) mass is 272 g/mol. The molecule has 0 saturated carbocycles. The van der Waals surface area contributed by atoms with Crippen LogP contribution in [-0.4, -0.2) is 51.7 Å². The third-order valence-corrected chi connectivity index (χ3v) is 2.10.